The SMILES string of the molecule is O=C1CCc2cc(OCCCCN3CCN(c4cccc5sccc45)CC3)ccc2N1COCN1C(=O)CCc2cc(OCCCCN3CCN(c4cccc5sccc45)CC3)ccc21. The summed E-state index contributed by atoms with van der Waals surface area (Å²) < 4.78 is 21.3. The van der Waals surface area contributed by atoms with Crippen LogP contribution in [0, 0.1) is 0 Å². The Morgan fingerprint density at radius 1 is 0.477 bits per heavy atom. The Bertz CT molecular complexity index is 2400. The van der Waals surface area contributed by atoms with Crippen molar-refractivity contribution in [3.8, 4) is 11.5 Å². The van der Waals surface area contributed by atoms with Gasteiger partial charge >= 0.3 is 0 Å². The lowest BCUT2D eigenvalue weighted by Crippen LogP contribution is -2.46. The predicted octanol–water partition coefficient (Wildman–Crippen LogP) is 9.27. The Kier molecular flexibility index (Phi) is 13.8. The summed E-state index contributed by atoms with van der Waals surface area (Å²) in [5.74, 6) is 1.71. The summed E-state index contributed by atoms with van der Waals surface area (Å²) in [5, 5.41) is 7.12. The van der Waals surface area contributed by atoms with Crippen LogP contribution in [0.3, 0.4) is 0 Å². The topological polar surface area (TPSA) is 81.3 Å². The maximum atomic E-state index is 13.1. The molecule has 2 amide bonds. The second kappa shape index (κ2) is 20.6. The molecule has 2 fully saturated rings. The number of rotatable bonds is 18. The molecular formula is C52H60N6O5S2. The van der Waals surface area contributed by atoms with E-state index in [4.69, 9.17) is 14.2 Å². The van der Waals surface area contributed by atoms with E-state index in [9.17, 15) is 9.59 Å². The van der Waals surface area contributed by atoms with Crippen molar-refractivity contribution in [1.82, 2.24) is 9.80 Å². The van der Waals surface area contributed by atoms with Crippen LogP contribution in [-0.4, -0.2) is 114 Å². The number of carbonyl (C=O) groups excluding carboxylic acids is 2. The lowest BCUT2D eigenvalue weighted by Gasteiger charge is -2.36. The molecule has 6 heterocycles. The molecule has 0 unspecified atom stereocenters. The van der Waals surface area contributed by atoms with Crippen LogP contribution in [0.15, 0.2) is 95.7 Å². The lowest BCUT2D eigenvalue weighted by molar-refractivity contribution is -0.120. The van der Waals surface area contributed by atoms with Crippen molar-refractivity contribution in [2.45, 2.75) is 51.4 Å². The summed E-state index contributed by atoms with van der Waals surface area (Å²) in [6.45, 7) is 12.2. The van der Waals surface area contributed by atoms with Crippen LogP contribution in [-0.2, 0) is 27.2 Å². The van der Waals surface area contributed by atoms with Gasteiger partial charge in [-0.1, -0.05) is 12.1 Å². The first-order valence-electron chi connectivity index (χ1n) is 23.6. The number of thiophene rings is 2. The van der Waals surface area contributed by atoms with Crippen LogP contribution >= 0.6 is 22.7 Å². The van der Waals surface area contributed by atoms with Crippen LogP contribution in [0.25, 0.3) is 20.2 Å². The molecule has 0 bridgehead atoms. The molecular weight excluding hydrogens is 853 g/mol. The van der Waals surface area contributed by atoms with Crippen LogP contribution in [0.2, 0.25) is 0 Å². The molecule has 0 atom stereocenters. The van der Waals surface area contributed by atoms with Gasteiger partial charge in [0, 0.05) is 108 Å². The maximum Gasteiger partial charge on any atom is 0.229 e. The molecule has 4 aliphatic heterocycles. The largest absolute Gasteiger partial charge is 0.494 e. The summed E-state index contributed by atoms with van der Waals surface area (Å²) in [7, 11) is 0. The van der Waals surface area contributed by atoms with Gasteiger partial charge in [0.1, 0.15) is 25.0 Å². The molecule has 6 aromatic rings. The number of hydrogen-bond acceptors (Lipinski definition) is 11. The van der Waals surface area contributed by atoms with Crippen molar-refractivity contribution in [3.05, 3.63) is 107 Å². The van der Waals surface area contributed by atoms with E-state index in [1.807, 2.05) is 46.9 Å². The van der Waals surface area contributed by atoms with Gasteiger partial charge in [-0.15, -0.1) is 22.7 Å². The first-order valence-corrected chi connectivity index (χ1v) is 25.4. The quantitative estimate of drug-likeness (QED) is 0.0785. The minimum absolute atomic E-state index is 0.0214. The van der Waals surface area contributed by atoms with Crippen LogP contribution in [0.5, 0.6) is 11.5 Å². The van der Waals surface area contributed by atoms with Crippen LogP contribution in [0.1, 0.15) is 49.7 Å². The third-order valence-corrected chi connectivity index (χ3v) is 15.4. The highest BCUT2D eigenvalue weighted by Crippen LogP contribution is 2.35. The Morgan fingerprint density at radius 2 is 0.938 bits per heavy atom. The fraction of sp³-hybridized carbons (Fsp3) is 0.423. The Hall–Kier alpha value is -5.18. The van der Waals surface area contributed by atoms with E-state index < -0.39 is 0 Å². The van der Waals surface area contributed by atoms with Crippen LogP contribution < -0.4 is 29.1 Å². The van der Waals surface area contributed by atoms with Gasteiger partial charge in [-0.3, -0.25) is 29.2 Å². The molecule has 10 rings (SSSR count). The first-order chi connectivity index (χ1) is 32.0. The smallest absolute Gasteiger partial charge is 0.229 e. The Balaban J connectivity index is 0.631. The highest BCUT2D eigenvalue weighted by atomic mass is 32.1. The number of anilines is 4. The summed E-state index contributed by atoms with van der Waals surface area (Å²) in [6.07, 6.45) is 6.33. The van der Waals surface area contributed by atoms with Crippen molar-refractivity contribution in [2.24, 2.45) is 0 Å². The van der Waals surface area contributed by atoms with E-state index in [2.05, 4.69) is 91.0 Å². The molecule has 11 nitrogen and oxygen atoms in total. The zero-order chi connectivity index (χ0) is 44.0. The van der Waals surface area contributed by atoms with Crippen molar-refractivity contribution < 1.29 is 23.8 Å². The van der Waals surface area contributed by atoms with Gasteiger partial charge in [0.25, 0.3) is 0 Å². The highest BCUT2D eigenvalue weighted by Gasteiger charge is 2.28. The average molecular weight is 913 g/mol. The van der Waals surface area contributed by atoms with Gasteiger partial charge in [0.15, 0.2) is 0 Å². The number of benzene rings is 4. The number of nitrogens with zero attached hydrogens (tertiary/aromatic N) is 6. The Labute approximate surface area is 390 Å². The van der Waals surface area contributed by atoms with Gasteiger partial charge in [-0.25, -0.2) is 0 Å². The molecule has 2 saturated heterocycles. The molecule has 4 aromatic carbocycles. The van der Waals surface area contributed by atoms with Gasteiger partial charge in [0.2, 0.25) is 11.8 Å². The number of hydrogen-bond donors (Lipinski definition) is 0. The molecule has 0 aliphatic carbocycles. The van der Waals surface area contributed by atoms with E-state index in [1.54, 1.807) is 9.80 Å². The van der Waals surface area contributed by atoms with E-state index in [0.717, 1.165) is 125 Å². The fourth-order valence-corrected chi connectivity index (χ4v) is 11.6. The molecule has 13 heteroatoms. The number of amides is 2. The van der Waals surface area contributed by atoms with E-state index in [-0.39, 0.29) is 25.3 Å². The fourth-order valence-electron chi connectivity index (χ4n) is 9.95. The molecule has 0 N–H and O–H groups in total. The number of aryl methyl sites for hydroxylation is 2. The van der Waals surface area contributed by atoms with Gasteiger partial charge in [-0.05, 0) is 146 Å². The lowest BCUT2D eigenvalue weighted by atomic mass is 10.0. The highest BCUT2D eigenvalue weighted by molar-refractivity contribution is 7.17. The minimum atomic E-state index is 0.0214. The van der Waals surface area contributed by atoms with E-state index >= 15 is 0 Å². The molecule has 65 heavy (non-hydrogen) atoms. The first kappa shape index (κ1) is 43.7. The summed E-state index contributed by atoms with van der Waals surface area (Å²) >= 11 is 3.62. The molecule has 0 spiro atoms. The summed E-state index contributed by atoms with van der Waals surface area (Å²) in [5.41, 5.74) is 6.58. The van der Waals surface area contributed by atoms with Crippen molar-refractivity contribution in [2.75, 3.05) is 112 Å². The second-order valence-corrected chi connectivity index (χ2v) is 19.6. The minimum Gasteiger partial charge on any atom is -0.494 e. The monoisotopic (exact) mass is 912 g/mol. The zero-order valence-corrected chi connectivity index (χ0v) is 39.0. The van der Waals surface area contributed by atoms with Crippen molar-refractivity contribution >= 4 is 77.4 Å². The van der Waals surface area contributed by atoms with Gasteiger partial charge in [-0.2, -0.15) is 0 Å². The molecule has 0 radical (unpaired) electrons. The van der Waals surface area contributed by atoms with Gasteiger partial charge in [0.05, 0.1) is 13.2 Å². The number of ether oxygens (including phenoxy) is 3. The number of carbonyl (C=O) groups is 2. The standard InChI is InChI=1S/C52H60N6O5S2/c59-51-17-11-39-35-41(62-31-3-1-21-53-23-27-55(28-24-53)47-7-5-9-49-43(47)19-33-64-49)13-15-45(39)57(51)37-61-38-58-46-16-14-42(36-40(46)12-18-52(58)60)63-32-4-2-22-54-25-29-56(30-26-54)48-8-6-10-50-44(48)20-34-65-50/h5-10,13-16,19-20,33-36H,1-4,11-12,17-18,21-32,37-38H2. The number of piperazine rings is 2. The summed E-state index contributed by atoms with van der Waals surface area (Å²) in [6, 6.07) is 29.8. The van der Waals surface area contributed by atoms with Crippen LogP contribution in [0.4, 0.5) is 22.7 Å². The molecule has 340 valence electrons. The van der Waals surface area contributed by atoms with Crippen molar-refractivity contribution in [3.63, 3.8) is 0 Å². The van der Waals surface area contributed by atoms with Crippen molar-refractivity contribution in [1.29, 1.82) is 0 Å². The average Bonchev–Trinajstić information content (AvgIpc) is 4.04. The third-order valence-electron chi connectivity index (χ3n) is 13.6. The Morgan fingerprint density at radius 3 is 1.40 bits per heavy atom. The number of unbranched alkanes of at least 4 members (excludes halogenated alkanes) is 2. The number of fused-ring (bicyclic) bond motifs is 4. The maximum absolute atomic E-state index is 13.1. The second-order valence-electron chi connectivity index (χ2n) is 17.7. The van der Waals surface area contributed by atoms with Gasteiger partial charge < -0.3 is 24.0 Å². The molecule has 2 aromatic heterocycles. The predicted molar refractivity (Wildman–Crippen MR) is 266 cm³/mol. The summed E-state index contributed by atoms with van der Waals surface area (Å²) in [4.78, 5) is 39.9. The normalized spacial score (nSPS) is 17.3. The molecule has 0 saturated carbocycles. The van der Waals surface area contributed by atoms with E-state index in [0.29, 0.717) is 38.9 Å². The third kappa shape index (κ3) is 10.1. The molecule has 4 aliphatic rings. The van der Waals surface area contributed by atoms with E-state index in [1.165, 1.54) is 31.5 Å². The zero-order valence-electron chi connectivity index (χ0n) is 37.3.